The quantitative estimate of drug-likeness (QED) is 0.624. The Morgan fingerprint density at radius 3 is 2.62 bits per heavy atom. The standard InChI is InChI=1S/C15H23FN4O/c1-17-15(18-6-7-20-8-10-21-11-9-20)19-12-13-2-4-14(16)5-3-13/h2-5H,6-12H2,1H3,(H2,17,18,19). The summed E-state index contributed by atoms with van der Waals surface area (Å²) >= 11 is 0. The van der Waals surface area contributed by atoms with E-state index in [4.69, 9.17) is 4.74 Å². The molecule has 6 heteroatoms. The lowest BCUT2D eigenvalue weighted by atomic mass is 10.2. The Balaban J connectivity index is 1.67. The zero-order chi connectivity index (χ0) is 14.9. The van der Waals surface area contributed by atoms with E-state index in [1.54, 1.807) is 19.2 Å². The minimum Gasteiger partial charge on any atom is -0.379 e. The Labute approximate surface area is 125 Å². The highest BCUT2D eigenvalue weighted by atomic mass is 19.1. The second-order valence-electron chi connectivity index (χ2n) is 4.93. The molecule has 0 aliphatic carbocycles. The fraction of sp³-hybridized carbons (Fsp3) is 0.533. The third kappa shape index (κ3) is 5.69. The van der Waals surface area contributed by atoms with E-state index in [-0.39, 0.29) is 5.82 Å². The van der Waals surface area contributed by atoms with Crippen molar-refractivity contribution in [3.05, 3.63) is 35.6 Å². The molecule has 0 spiro atoms. The molecule has 0 unspecified atom stereocenters. The molecule has 0 saturated carbocycles. The number of hydrogen-bond donors (Lipinski definition) is 2. The van der Waals surface area contributed by atoms with Gasteiger partial charge in [-0.2, -0.15) is 0 Å². The molecular formula is C15H23FN4O. The van der Waals surface area contributed by atoms with Crippen molar-refractivity contribution in [1.29, 1.82) is 0 Å². The van der Waals surface area contributed by atoms with Crippen molar-refractivity contribution < 1.29 is 9.13 Å². The summed E-state index contributed by atoms with van der Waals surface area (Å²) < 4.78 is 18.1. The van der Waals surface area contributed by atoms with E-state index in [0.717, 1.165) is 50.9 Å². The molecule has 0 bridgehead atoms. The number of benzene rings is 1. The van der Waals surface area contributed by atoms with Crippen LogP contribution in [0.1, 0.15) is 5.56 Å². The summed E-state index contributed by atoms with van der Waals surface area (Å²) in [7, 11) is 1.74. The molecule has 1 saturated heterocycles. The van der Waals surface area contributed by atoms with E-state index in [0.29, 0.717) is 6.54 Å². The Bertz CT molecular complexity index is 443. The number of morpholine rings is 1. The highest BCUT2D eigenvalue weighted by Crippen LogP contribution is 2.01. The Morgan fingerprint density at radius 1 is 1.24 bits per heavy atom. The normalized spacial score (nSPS) is 16.8. The maximum absolute atomic E-state index is 12.8. The first-order chi connectivity index (χ1) is 10.3. The van der Waals surface area contributed by atoms with Gasteiger partial charge in [0.15, 0.2) is 5.96 Å². The highest BCUT2D eigenvalue weighted by molar-refractivity contribution is 5.79. The predicted octanol–water partition coefficient (Wildman–Crippen LogP) is 0.823. The van der Waals surface area contributed by atoms with Gasteiger partial charge in [-0.15, -0.1) is 0 Å². The number of guanidine groups is 1. The lowest BCUT2D eigenvalue weighted by Crippen LogP contribution is -2.44. The average Bonchev–Trinajstić information content (AvgIpc) is 2.53. The Morgan fingerprint density at radius 2 is 1.95 bits per heavy atom. The van der Waals surface area contributed by atoms with Gasteiger partial charge in [0.05, 0.1) is 13.2 Å². The van der Waals surface area contributed by atoms with Crippen LogP contribution < -0.4 is 10.6 Å². The maximum atomic E-state index is 12.8. The van der Waals surface area contributed by atoms with Crippen LogP contribution in [0.5, 0.6) is 0 Å². The average molecular weight is 294 g/mol. The summed E-state index contributed by atoms with van der Waals surface area (Å²) in [5, 5.41) is 6.50. The van der Waals surface area contributed by atoms with E-state index in [2.05, 4.69) is 20.5 Å². The lowest BCUT2D eigenvalue weighted by molar-refractivity contribution is 0.0389. The largest absolute Gasteiger partial charge is 0.379 e. The van der Waals surface area contributed by atoms with Gasteiger partial charge in [-0.05, 0) is 17.7 Å². The minimum atomic E-state index is -0.216. The summed E-state index contributed by atoms with van der Waals surface area (Å²) in [4.78, 5) is 6.55. The molecule has 0 radical (unpaired) electrons. The van der Waals surface area contributed by atoms with Crippen LogP contribution in [0.2, 0.25) is 0 Å². The van der Waals surface area contributed by atoms with Crippen LogP contribution >= 0.6 is 0 Å². The number of nitrogens with zero attached hydrogens (tertiary/aromatic N) is 2. The first-order valence-electron chi connectivity index (χ1n) is 7.27. The van der Waals surface area contributed by atoms with Gasteiger partial charge in [-0.1, -0.05) is 12.1 Å². The van der Waals surface area contributed by atoms with Crippen molar-refractivity contribution in [1.82, 2.24) is 15.5 Å². The maximum Gasteiger partial charge on any atom is 0.191 e. The van der Waals surface area contributed by atoms with E-state index < -0.39 is 0 Å². The van der Waals surface area contributed by atoms with Gasteiger partial charge in [0.1, 0.15) is 5.82 Å². The highest BCUT2D eigenvalue weighted by Gasteiger charge is 2.09. The van der Waals surface area contributed by atoms with Gasteiger partial charge in [-0.25, -0.2) is 4.39 Å². The van der Waals surface area contributed by atoms with Crippen molar-refractivity contribution in [3.63, 3.8) is 0 Å². The van der Waals surface area contributed by atoms with Gasteiger partial charge in [0, 0.05) is 39.8 Å². The van der Waals surface area contributed by atoms with Crippen molar-refractivity contribution >= 4 is 5.96 Å². The molecule has 0 aromatic heterocycles. The Kier molecular flexibility index (Phi) is 6.43. The summed E-state index contributed by atoms with van der Waals surface area (Å²) in [6.45, 7) is 6.04. The van der Waals surface area contributed by atoms with Gasteiger partial charge in [0.2, 0.25) is 0 Å². The van der Waals surface area contributed by atoms with Gasteiger partial charge >= 0.3 is 0 Å². The van der Waals surface area contributed by atoms with Crippen LogP contribution in [0.3, 0.4) is 0 Å². The third-order valence-corrected chi connectivity index (χ3v) is 3.42. The van der Waals surface area contributed by atoms with Gasteiger partial charge in [0.25, 0.3) is 0 Å². The fourth-order valence-corrected chi connectivity index (χ4v) is 2.17. The van der Waals surface area contributed by atoms with E-state index in [9.17, 15) is 4.39 Å². The topological polar surface area (TPSA) is 48.9 Å². The molecule has 116 valence electrons. The summed E-state index contributed by atoms with van der Waals surface area (Å²) in [6.07, 6.45) is 0. The number of nitrogens with one attached hydrogen (secondary N) is 2. The molecule has 21 heavy (non-hydrogen) atoms. The fourth-order valence-electron chi connectivity index (χ4n) is 2.17. The number of hydrogen-bond acceptors (Lipinski definition) is 3. The molecule has 1 aliphatic rings. The van der Waals surface area contributed by atoms with Crippen LogP contribution in [-0.2, 0) is 11.3 Å². The summed E-state index contributed by atoms with van der Waals surface area (Å²) in [6, 6.07) is 6.46. The molecular weight excluding hydrogens is 271 g/mol. The smallest absolute Gasteiger partial charge is 0.191 e. The first-order valence-corrected chi connectivity index (χ1v) is 7.27. The first kappa shape index (κ1) is 15.7. The van der Waals surface area contributed by atoms with Crippen LogP contribution in [0.4, 0.5) is 4.39 Å². The van der Waals surface area contributed by atoms with Gasteiger partial charge in [-0.3, -0.25) is 9.89 Å². The molecule has 0 amide bonds. The number of halogens is 1. The Hall–Kier alpha value is -1.66. The van der Waals surface area contributed by atoms with E-state index in [1.807, 2.05) is 0 Å². The number of aliphatic imine (C=N–C) groups is 1. The molecule has 1 aromatic rings. The molecule has 2 rings (SSSR count). The summed E-state index contributed by atoms with van der Waals surface area (Å²) in [5.41, 5.74) is 1.02. The molecule has 5 nitrogen and oxygen atoms in total. The molecule has 1 aliphatic heterocycles. The van der Waals surface area contributed by atoms with E-state index >= 15 is 0 Å². The van der Waals surface area contributed by atoms with Gasteiger partial charge < -0.3 is 15.4 Å². The van der Waals surface area contributed by atoms with E-state index in [1.165, 1.54) is 12.1 Å². The predicted molar refractivity (Wildman–Crippen MR) is 81.9 cm³/mol. The zero-order valence-electron chi connectivity index (χ0n) is 12.4. The van der Waals surface area contributed by atoms with Crippen molar-refractivity contribution in [3.8, 4) is 0 Å². The van der Waals surface area contributed by atoms with Crippen molar-refractivity contribution in [2.24, 2.45) is 4.99 Å². The van der Waals surface area contributed by atoms with Crippen molar-refractivity contribution in [2.45, 2.75) is 6.54 Å². The number of ether oxygens (including phenoxy) is 1. The van der Waals surface area contributed by atoms with Crippen LogP contribution in [0.15, 0.2) is 29.3 Å². The molecule has 2 N–H and O–H groups in total. The lowest BCUT2D eigenvalue weighted by Gasteiger charge is -2.26. The second kappa shape index (κ2) is 8.59. The third-order valence-electron chi connectivity index (χ3n) is 3.42. The molecule has 1 fully saturated rings. The second-order valence-corrected chi connectivity index (χ2v) is 4.93. The SMILES string of the molecule is CN=C(NCCN1CCOCC1)NCc1ccc(F)cc1. The van der Waals surface area contributed by atoms with Crippen LogP contribution in [-0.4, -0.2) is 57.3 Å². The molecule has 1 heterocycles. The number of rotatable bonds is 5. The van der Waals surface area contributed by atoms with Crippen LogP contribution in [0.25, 0.3) is 0 Å². The summed E-state index contributed by atoms with van der Waals surface area (Å²) in [5.74, 6) is 0.541. The molecule has 0 atom stereocenters. The van der Waals surface area contributed by atoms with Crippen molar-refractivity contribution in [2.75, 3.05) is 46.4 Å². The molecule has 1 aromatic carbocycles. The minimum absolute atomic E-state index is 0.216. The monoisotopic (exact) mass is 294 g/mol. The van der Waals surface area contributed by atoms with Crippen LogP contribution in [0, 0.1) is 5.82 Å². The zero-order valence-corrected chi connectivity index (χ0v) is 12.4.